The maximum Gasteiger partial charge on any atom is 0.317 e. The van der Waals surface area contributed by atoms with Gasteiger partial charge in [-0.05, 0) is 31.5 Å². The molecule has 114 valence electrons. The molecule has 0 aliphatic heterocycles. The number of carboxylic acid groups (broad SMARTS) is 1. The van der Waals surface area contributed by atoms with Gasteiger partial charge in [0.15, 0.2) is 0 Å². The third kappa shape index (κ3) is 3.91. The number of hydrogen-bond acceptors (Lipinski definition) is 5. The largest absolute Gasteiger partial charge is 0.480 e. The Hall–Kier alpha value is -2.15. The first-order valence-corrected chi connectivity index (χ1v) is 6.96. The number of carbonyl (C=O) groups is 1. The van der Waals surface area contributed by atoms with Crippen LogP contribution in [0.2, 0.25) is 0 Å². The Morgan fingerprint density at radius 3 is 2.52 bits per heavy atom. The molecule has 0 saturated heterocycles. The second kappa shape index (κ2) is 6.53. The van der Waals surface area contributed by atoms with Gasteiger partial charge in [-0.3, -0.25) is 19.8 Å². The van der Waals surface area contributed by atoms with Crippen molar-refractivity contribution in [3.8, 4) is 0 Å². The van der Waals surface area contributed by atoms with Gasteiger partial charge in [0.1, 0.15) is 0 Å². The number of nitro groups is 1. The molecule has 1 aliphatic carbocycles. The third-order valence-corrected chi connectivity index (χ3v) is 3.82. The highest BCUT2D eigenvalue weighted by Crippen LogP contribution is 2.29. The smallest absolute Gasteiger partial charge is 0.317 e. The van der Waals surface area contributed by atoms with Crippen LogP contribution in [-0.2, 0) is 4.79 Å². The summed E-state index contributed by atoms with van der Waals surface area (Å²) in [5.74, 6) is -0.802. The Balaban J connectivity index is 1.82. The van der Waals surface area contributed by atoms with Crippen molar-refractivity contribution >= 4 is 17.3 Å². The van der Waals surface area contributed by atoms with E-state index < -0.39 is 10.9 Å². The van der Waals surface area contributed by atoms with Crippen molar-refractivity contribution in [1.29, 1.82) is 0 Å². The van der Waals surface area contributed by atoms with Crippen LogP contribution in [0.1, 0.15) is 19.8 Å². The lowest BCUT2D eigenvalue weighted by molar-refractivity contribution is -0.384. The van der Waals surface area contributed by atoms with E-state index in [1.54, 1.807) is 12.1 Å². The second-order valence-corrected chi connectivity index (χ2v) is 5.23. The molecule has 1 fully saturated rings. The van der Waals surface area contributed by atoms with Gasteiger partial charge in [0.25, 0.3) is 5.69 Å². The molecule has 0 amide bonds. The van der Waals surface area contributed by atoms with E-state index in [0.717, 1.165) is 25.1 Å². The van der Waals surface area contributed by atoms with E-state index in [1.165, 1.54) is 12.1 Å². The Bertz CT molecular complexity index is 511. The van der Waals surface area contributed by atoms with Crippen molar-refractivity contribution in [2.24, 2.45) is 0 Å². The van der Waals surface area contributed by atoms with Gasteiger partial charge in [-0.25, -0.2) is 0 Å². The molecule has 7 nitrogen and oxygen atoms in total. The number of likely N-dealkylation sites (N-methyl/N-ethyl adjacent to an activating group) is 1. The molecule has 0 spiro atoms. The van der Waals surface area contributed by atoms with Crippen molar-refractivity contribution in [2.45, 2.75) is 31.8 Å². The van der Waals surface area contributed by atoms with Crippen LogP contribution in [0.4, 0.5) is 11.4 Å². The summed E-state index contributed by atoms with van der Waals surface area (Å²) in [5.41, 5.74) is 0.927. The molecule has 2 N–H and O–H groups in total. The van der Waals surface area contributed by atoms with Gasteiger partial charge in [-0.15, -0.1) is 0 Å². The number of nitrogens with one attached hydrogen (secondary N) is 1. The quantitative estimate of drug-likeness (QED) is 0.589. The van der Waals surface area contributed by atoms with E-state index in [4.69, 9.17) is 5.11 Å². The number of hydrogen-bond donors (Lipinski definition) is 2. The zero-order valence-corrected chi connectivity index (χ0v) is 11.9. The molecule has 7 heteroatoms. The normalized spacial score (nSPS) is 20.9. The molecule has 0 radical (unpaired) electrons. The van der Waals surface area contributed by atoms with E-state index >= 15 is 0 Å². The van der Waals surface area contributed by atoms with Crippen molar-refractivity contribution in [3.63, 3.8) is 0 Å². The molecule has 0 unspecified atom stereocenters. The standard InChI is InChI=1S/C14H19N3O4/c1-2-16(9-14(18)19)13-7-11(8-13)15-10-3-5-12(6-4-10)17(20)21/h3-6,11,13,15H,2,7-9H2,1H3,(H,18,19). The van der Waals surface area contributed by atoms with Crippen LogP contribution >= 0.6 is 0 Å². The van der Waals surface area contributed by atoms with Gasteiger partial charge >= 0.3 is 5.97 Å². The fourth-order valence-electron chi connectivity index (χ4n) is 2.59. The maximum atomic E-state index is 10.8. The lowest BCUT2D eigenvalue weighted by atomic mass is 9.85. The minimum atomic E-state index is -0.802. The van der Waals surface area contributed by atoms with Crippen LogP contribution in [0.5, 0.6) is 0 Å². The summed E-state index contributed by atoms with van der Waals surface area (Å²) in [6, 6.07) is 6.92. The number of anilines is 1. The monoisotopic (exact) mass is 293 g/mol. The molecule has 1 saturated carbocycles. The molecule has 21 heavy (non-hydrogen) atoms. The van der Waals surface area contributed by atoms with Crippen molar-refractivity contribution in [2.75, 3.05) is 18.4 Å². The predicted octanol–water partition coefficient (Wildman–Crippen LogP) is 1.94. The van der Waals surface area contributed by atoms with E-state index in [0.29, 0.717) is 12.1 Å². The minimum absolute atomic E-state index is 0.0747. The number of non-ortho nitro benzene ring substituents is 1. The summed E-state index contributed by atoms with van der Waals surface area (Å²) in [5, 5.41) is 22.7. The molecule has 1 aromatic carbocycles. The third-order valence-electron chi connectivity index (χ3n) is 3.82. The summed E-state index contributed by atoms with van der Waals surface area (Å²) in [6.07, 6.45) is 1.77. The van der Waals surface area contributed by atoms with E-state index in [-0.39, 0.29) is 12.2 Å². The van der Waals surface area contributed by atoms with E-state index in [9.17, 15) is 14.9 Å². The Morgan fingerprint density at radius 2 is 2.05 bits per heavy atom. The molecule has 1 aliphatic rings. The number of carboxylic acids is 1. The second-order valence-electron chi connectivity index (χ2n) is 5.23. The van der Waals surface area contributed by atoms with Gasteiger partial charge in [-0.2, -0.15) is 0 Å². The Labute approximate surface area is 122 Å². The molecule has 2 rings (SSSR count). The van der Waals surface area contributed by atoms with Crippen LogP contribution in [0.25, 0.3) is 0 Å². The van der Waals surface area contributed by atoms with Crippen LogP contribution in [-0.4, -0.2) is 46.1 Å². The number of rotatable bonds is 7. The van der Waals surface area contributed by atoms with Gasteiger partial charge in [0, 0.05) is 29.9 Å². The first-order valence-electron chi connectivity index (χ1n) is 6.96. The maximum absolute atomic E-state index is 10.8. The van der Waals surface area contributed by atoms with Crippen molar-refractivity contribution in [1.82, 2.24) is 4.90 Å². The average Bonchev–Trinajstić information content (AvgIpc) is 2.40. The molecule has 0 aromatic heterocycles. The van der Waals surface area contributed by atoms with Gasteiger partial charge in [0.2, 0.25) is 0 Å². The topological polar surface area (TPSA) is 95.7 Å². The summed E-state index contributed by atoms with van der Waals surface area (Å²) >= 11 is 0. The molecule has 1 aromatic rings. The van der Waals surface area contributed by atoms with Crippen molar-refractivity contribution in [3.05, 3.63) is 34.4 Å². The number of nitrogens with zero attached hydrogens (tertiary/aromatic N) is 2. The molecule has 0 bridgehead atoms. The lowest BCUT2D eigenvalue weighted by Crippen LogP contribution is -2.51. The summed E-state index contributed by atoms with van der Waals surface area (Å²) < 4.78 is 0. The highest BCUT2D eigenvalue weighted by atomic mass is 16.6. The fourth-order valence-corrected chi connectivity index (χ4v) is 2.59. The summed E-state index contributed by atoms with van der Waals surface area (Å²) in [6.45, 7) is 2.76. The van der Waals surface area contributed by atoms with Crippen LogP contribution < -0.4 is 5.32 Å². The van der Waals surface area contributed by atoms with E-state index in [1.807, 2.05) is 11.8 Å². The zero-order valence-electron chi connectivity index (χ0n) is 11.9. The SMILES string of the molecule is CCN(CC(=O)O)C1CC(Nc2ccc([N+](=O)[O-])cc2)C1. The Kier molecular flexibility index (Phi) is 4.74. The van der Waals surface area contributed by atoms with Crippen LogP contribution in [0.3, 0.4) is 0 Å². The summed E-state index contributed by atoms with van der Waals surface area (Å²) in [7, 11) is 0. The van der Waals surface area contributed by atoms with Crippen LogP contribution in [0, 0.1) is 10.1 Å². The van der Waals surface area contributed by atoms with Crippen molar-refractivity contribution < 1.29 is 14.8 Å². The first kappa shape index (κ1) is 15.2. The average molecular weight is 293 g/mol. The molecular formula is C14H19N3O4. The predicted molar refractivity (Wildman–Crippen MR) is 78.4 cm³/mol. The number of aliphatic carboxylic acids is 1. The molecular weight excluding hydrogens is 274 g/mol. The number of nitro benzene ring substituents is 1. The first-order chi connectivity index (χ1) is 9.99. The lowest BCUT2D eigenvalue weighted by Gasteiger charge is -2.42. The van der Waals surface area contributed by atoms with Crippen LogP contribution in [0.15, 0.2) is 24.3 Å². The highest BCUT2D eigenvalue weighted by Gasteiger charge is 2.33. The van der Waals surface area contributed by atoms with Gasteiger partial charge in [-0.1, -0.05) is 6.92 Å². The summed E-state index contributed by atoms with van der Waals surface area (Å²) in [4.78, 5) is 22.9. The fraction of sp³-hybridized carbons (Fsp3) is 0.500. The Morgan fingerprint density at radius 1 is 1.43 bits per heavy atom. The van der Waals surface area contributed by atoms with Gasteiger partial charge < -0.3 is 10.4 Å². The zero-order chi connectivity index (χ0) is 15.4. The molecule has 0 heterocycles. The minimum Gasteiger partial charge on any atom is -0.480 e. The highest BCUT2D eigenvalue weighted by molar-refractivity contribution is 5.69. The number of benzene rings is 1. The van der Waals surface area contributed by atoms with Gasteiger partial charge in [0.05, 0.1) is 11.5 Å². The molecule has 0 atom stereocenters. The van der Waals surface area contributed by atoms with E-state index in [2.05, 4.69) is 5.32 Å².